The van der Waals surface area contributed by atoms with E-state index in [1.807, 2.05) is 24.3 Å². The highest BCUT2D eigenvalue weighted by Crippen LogP contribution is 2.29. The van der Waals surface area contributed by atoms with Gasteiger partial charge in [0.05, 0.1) is 13.2 Å². The van der Waals surface area contributed by atoms with Crippen LogP contribution in [0.15, 0.2) is 48.7 Å². The maximum atomic E-state index is 12.3. The average Bonchev–Trinajstić information content (AvgIpc) is 3.22. The molecular formula is C22H28N4O2. The van der Waals surface area contributed by atoms with Crippen molar-refractivity contribution in [2.24, 2.45) is 5.92 Å². The van der Waals surface area contributed by atoms with Gasteiger partial charge in [-0.05, 0) is 48.6 Å². The largest absolute Gasteiger partial charge is 0.379 e. The van der Waals surface area contributed by atoms with Crippen molar-refractivity contribution in [3.8, 4) is 0 Å². The van der Waals surface area contributed by atoms with Crippen LogP contribution in [-0.2, 0) is 11.3 Å². The topological polar surface area (TPSA) is 75.3 Å². The van der Waals surface area contributed by atoms with Crippen molar-refractivity contribution in [2.75, 3.05) is 25.1 Å². The molecule has 0 bridgehead atoms. The van der Waals surface area contributed by atoms with Crippen LogP contribution in [0.25, 0.3) is 0 Å². The summed E-state index contributed by atoms with van der Waals surface area (Å²) in [7, 11) is 0. The zero-order valence-electron chi connectivity index (χ0n) is 16.1. The lowest BCUT2D eigenvalue weighted by Gasteiger charge is -2.33. The maximum absolute atomic E-state index is 12.3. The number of ether oxygens (including phenoxy) is 1. The smallest absolute Gasteiger partial charge is 0.274 e. The molecule has 1 aromatic heterocycles. The predicted molar refractivity (Wildman–Crippen MR) is 109 cm³/mol. The number of hydrogen-bond donors (Lipinski definition) is 3. The average molecular weight is 380 g/mol. The molecule has 1 saturated carbocycles. The number of aromatic nitrogens is 1. The molecular weight excluding hydrogens is 352 g/mol. The molecule has 2 fully saturated rings. The summed E-state index contributed by atoms with van der Waals surface area (Å²) in [5, 5.41) is 10.3. The predicted octanol–water partition coefficient (Wildman–Crippen LogP) is 2.58. The molecule has 3 N–H and O–H groups in total. The van der Waals surface area contributed by atoms with Gasteiger partial charge in [-0.25, -0.2) is 0 Å². The van der Waals surface area contributed by atoms with E-state index in [4.69, 9.17) is 4.74 Å². The number of carbonyl (C=O) groups excluding carboxylic acids is 1. The van der Waals surface area contributed by atoms with Gasteiger partial charge in [0.15, 0.2) is 0 Å². The molecule has 3 unspecified atom stereocenters. The third kappa shape index (κ3) is 4.76. The van der Waals surface area contributed by atoms with E-state index in [2.05, 4.69) is 27.0 Å². The zero-order valence-corrected chi connectivity index (χ0v) is 16.1. The number of carbonyl (C=O) groups is 1. The summed E-state index contributed by atoms with van der Waals surface area (Å²) in [5.41, 5.74) is 2.37. The highest BCUT2D eigenvalue weighted by molar-refractivity contribution is 6.02. The third-order valence-corrected chi connectivity index (χ3v) is 5.69. The van der Waals surface area contributed by atoms with Gasteiger partial charge in [-0.2, -0.15) is 0 Å². The normalized spacial score (nSPS) is 24.8. The standard InChI is InChI=1S/C22H28N4O2/c27-22(20-8-1-2-10-23-20)26-17-6-3-5-16(13-17)14-25-19-9-4-7-18(19)21-15-28-12-11-24-21/h1-3,5-6,8,10,13,18-19,21,24-25H,4,7,9,11-12,14-15H2,(H,26,27). The Bertz CT molecular complexity index is 777. The molecule has 28 heavy (non-hydrogen) atoms. The van der Waals surface area contributed by atoms with E-state index >= 15 is 0 Å². The highest BCUT2D eigenvalue weighted by atomic mass is 16.5. The van der Waals surface area contributed by atoms with Gasteiger partial charge in [0, 0.05) is 37.1 Å². The SMILES string of the molecule is O=C(Nc1cccc(CNC2CCCC2C2COCCN2)c1)c1ccccn1. The van der Waals surface area contributed by atoms with Gasteiger partial charge >= 0.3 is 0 Å². The number of rotatable bonds is 6. The Labute approximate surface area is 166 Å². The van der Waals surface area contributed by atoms with Crippen molar-refractivity contribution < 1.29 is 9.53 Å². The molecule has 0 spiro atoms. The van der Waals surface area contributed by atoms with Crippen molar-refractivity contribution in [2.45, 2.75) is 37.9 Å². The summed E-state index contributed by atoms with van der Waals surface area (Å²) in [6.07, 6.45) is 5.35. The molecule has 148 valence electrons. The lowest BCUT2D eigenvalue weighted by Crippen LogP contribution is -2.50. The Balaban J connectivity index is 1.34. The minimum Gasteiger partial charge on any atom is -0.379 e. The van der Waals surface area contributed by atoms with Gasteiger partial charge < -0.3 is 20.7 Å². The number of amides is 1. The number of pyridine rings is 1. The van der Waals surface area contributed by atoms with Crippen LogP contribution in [0.3, 0.4) is 0 Å². The summed E-state index contributed by atoms with van der Waals surface area (Å²) >= 11 is 0. The van der Waals surface area contributed by atoms with Crippen molar-refractivity contribution in [1.29, 1.82) is 0 Å². The van der Waals surface area contributed by atoms with E-state index in [9.17, 15) is 4.79 Å². The quantitative estimate of drug-likeness (QED) is 0.718. The van der Waals surface area contributed by atoms with Gasteiger partial charge in [-0.1, -0.05) is 24.6 Å². The lowest BCUT2D eigenvalue weighted by atomic mass is 9.94. The van der Waals surface area contributed by atoms with Crippen LogP contribution in [0, 0.1) is 5.92 Å². The Hall–Kier alpha value is -2.28. The second-order valence-corrected chi connectivity index (χ2v) is 7.59. The monoisotopic (exact) mass is 380 g/mol. The summed E-state index contributed by atoms with van der Waals surface area (Å²) in [5.74, 6) is 0.428. The van der Waals surface area contributed by atoms with Crippen LogP contribution < -0.4 is 16.0 Å². The molecule has 6 heteroatoms. The van der Waals surface area contributed by atoms with E-state index in [0.717, 1.165) is 37.6 Å². The molecule has 1 aromatic carbocycles. The molecule has 1 aliphatic carbocycles. The number of benzene rings is 1. The number of morpholine rings is 1. The molecule has 1 saturated heterocycles. The molecule has 1 amide bonds. The van der Waals surface area contributed by atoms with Crippen LogP contribution in [-0.4, -0.2) is 42.7 Å². The summed E-state index contributed by atoms with van der Waals surface area (Å²) in [6, 6.07) is 14.3. The van der Waals surface area contributed by atoms with Gasteiger partial charge in [0.1, 0.15) is 5.69 Å². The van der Waals surface area contributed by atoms with Crippen LogP contribution in [0.4, 0.5) is 5.69 Å². The van der Waals surface area contributed by atoms with Crippen molar-refractivity contribution in [3.63, 3.8) is 0 Å². The summed E-state index contributed by atoms with van der Waals surface area (Å²) < 4.78 is 5.66. The Morgan fingerprint density at radius 1 is 1.21 bits per heavy atom. The first-order valence-electron chi connectivity index (χ1n) is 10.2. The first-order valence-corrected chi connectivity index (χ1v) is 10.2. The number of nitrogens with zero attached hydrogens (tertiary/aromatic N) is 1. The zero-order chi connectivity index (χ0) is 19.2. The summed E-state index contributed by atoms with van der Waals surface area (Å²) in [4.78, 5) is 16.4. The molecule has 6 nitrogen and oxygen atoms in total. The molecule has 2 aromatic rings. The van der Waals surface area contributed by atoms with Crippen molar-refractivity contribution in [1.82, 2.24) is 15.6 Å². The number of nitrogens with one attached hydrogen (secondary N) is 3. The third-order valence-electron chi connectivity index (χ3n) is 5.69. The van der Waals surface area contributed by atoms with Gasteiger partial charge in [0.25, 0.3) is 5.91 Å². The van der Waals surface area contributed by atoms with E-state index in [1.165, 1.54) is 19.3 Å². The van der Waals surface area contributed by atoms with Gasteiger partial charge in [0.2, 0.25) is 0 Å². The highest BCUT2D eigenvalue weighted by Gasteiger charge is 2.34. The molecule has 0 radical (unpaired) electrons. The molecule has 3 atom stereocenters. The first kappa shape index (κ1) is 19.1. The molecule has 4 rings (SSSR count). The second-order valence-electron chi connectivity index (χ2n) is 7.59. The maximum Gasteiger partial charge on any atom is 0.274 e. The van der Waals surface area contributed by atoms with E-state index < -0.39 is 0 Å². The fourth-order valence-electron chi connectivity index (χ4n) is 4.28. The van der Waals surface area contributed by atoms with E-state index in [-0.39, 0.29) is 5.91 Å². The number of hydrogen-bond acceptors (Lipinski definition) is 5. The molecule has 2 heterocycles. The Morgan fingerprint density at radius 2 is 2.18 bits per heavy atom. The van der Waals surface area contributed by atoms with Crippen LogP contribution >= 0.6 is 0 Å². The van der Waals surface area contributed by atoms with Gasteiger partial charge in [-0.3, -0.25) is 9.78 Å². The van der Waals surface area contributed by atoms with E-state index in [1.54, 1.807) is 18.3 Å². The summed E-state index contributed by atoms with van der Waals surface area (Å²) in [6.45, 7) is 3.38. The Kier molecular flexibility index (Phi) is 6.31. The Morgan fingerprint density at radius 3 is 3.00 bits per heavy atom. The van der Waals surface area contributed by atoms with Crippen LogP contribution in [0.5, 0.6) is 0 Å². The minimum atomic E-state index is -0.190. The minimum absolute atomic E-state index is 0.190. The lowest BCUT2D eigenvalue weighted by molar-refractivity contribution is 0.0524. The van der Waals surface area contributed by atoms with Gasteiger partial charge in [-0.15, -0.1) is 0 Å². The van der Waals surface area contributed by atoms with Crippen LogP contribution in [0.2, 0.25) is 0 Å². The van der Waals surface area contributed by atoms with Crippen molar-refractivity contribution in [3.05, 3.63) is 59.9 Å². The van der Waals surface area contributed by atoms with Crippen LogP contribution in [0.1, 0.15) is 35.3 Å². The number of anilines is 1. The van der Waals surface area contributed by atoms with E-state index in [0.29, 0.717) is 23.7 Å². The second kappa shape index (κ2) is 9.28. The van der Waals surface area contributed by atoms with Crippen molar-refractivity contribution >= 4 is 11.6 Å². The molecule has 2 aliphatic rings. The first-order chi connectivity index (χ1) is 13.8. The fraction of sp³-hybridized carbons (Fsp3) is 0.455. The molecule has 1 aliphatic heterocycles. The fourth-order valence-corrected chi connectivity index (χ4v) is 4.28.